The summed E-state index contributed by atoms with van der Waals surface area (Å²) in [6.45, 7) is 2.18. The Balaban J connectivity index is 2.30. The van der Waals surface area contributed by atoms with Gasteiger partial charge in [0, 0.05) is 31.6 Å². The third-order valence-electron chi connectivity index (χ3n) is 2.89. The van der Waals surface area contributed by atoms with Crippen LogP contribution >= 0.6 is 0 Å². The molecule has 0 amide bonds. The van der Waals surface area contributed by atoms with Crippen LogP contribution in [0.5, 0.6) is 0 Å². The van der Waals surface area contributed by atoms with Crippen molar-refractivity contribution in [3.8, 4) is 0 Å². The lowest BCUT2D eigenvalue weighted by Gasteiger charge is -2.10. The van der Waals surface area contributed by atoms with Gasteiger partial charge in [-0.15, -0.1) is 0 Å². The number of likely N-dealkylation sites (N-methyl/N-ethyl adjacent to an activating group) is 1. The number of nitrogens with zero attached hydrogens (tertiary/aromatic N) is 3. The smallest absolute Gasteiger partial charge is 0.357 e. The zero-order chi connectivity index (χ0) is 13.1. The average molecular weight is 250 g/mol. The van der Waals surface area contributed by atoms with Crippen LogP contribution in [0, 0.1) is 0 Å². The second kappa shape index (κ2) is 5.41. The number of aromatic nitrogens is 2. The molecule has 2 rings (SSSR count). The topological polar surface area (TPSA) is 67.3 Å². The molecule has 1 aliphatic heterocycles. The van der Waals surface area contributed by atoms with Crippen LogP contribution in [0.2, 0.25) is 0 Å². The minimum absolute atomic E-state index is 0.386. The highest BCUT2D eigenvalue weighted by molar-refractivity contribution is 5.89. The lowest BCUT2D eigenvalue weighted by atomic mass is 10.2. The SMILES string of the molecule is COC(=O)c1nc(CCN(C)C)nc2c1CNC2. The Morgan fingerprint density at radius 1 is 1.39 bits per heavy atom. The van der Waals surface area contributed by atoms with E-state index in [2.05, 4.69) is 20.2 Å². The van der Waals surface area contributed by atoms with E-state index in [9.17, 15) is 4.79 Å². The first-order valence-corrected chi connectivity index (χ1v) is 5.94. The van der Waals surface area contributed by atoms with E-state index in [0.29, 0.717) is 24.6 Å². The van der Waals surface area contributed by atoms with Gasteiger partial charge < -0.3 is 15.0 Å². The number of ether oxygens (including phenoxy) is 1. The van der Waals surface area contributed by atoms with Crippen LogP contribution in [0.4, 0.5) is 0 Å². The van der Waals surface area contributed by atoms with Crippen molar-refractivity contribution in [1.29, 1.82) is 0 Å². The molecule has 0 fully saturated rings. The molecular formula is C12H18N4O2. The Bertz CT molecular complexity index is 460. The maximum atomic E-state index is 11.7. The van der Waals surface area contributed by atoms with Crippen molar-refractivity contribution in [2.24, 2.45) is 0 Å². The van der Waals surface area contributed by atoms with Crippen molar-refractivity contribution in [1.82, 2.24) is 20.2 Å². The lowest BCUT2D eigenvalue weighted by molar-refractivity contribution is 0.0592. The van der Waals surface area contributed by atoms with Crippen LogP contribution in [-0.2, 0) is 24.2 Å². The van der Waals surface area contributed by atoms with E-state index in [0.717, 1.165) is 24.2 Å². The van der Waals surface area contributed by atoms with E-state index < -0.39 is 0 Å². The molecule has 6 nitrogen and oxygen atoms in total. The summed E-state index contributed by atoms with van der Waals surface area (Å²) in [5.74, 6) is 0.315. The zero-order valence-electron chi connectivity index (χ0n) is 11.0. The van der Waals surface area contributed by atoms with Gasteiger partial charge in [-0.05, 0) is 14.1 Å². The molecule has 2 heterocycles. The third-order valence-corrected chi connectivity index (χ3v) is 2.89. The third kappa shape index (κ3) is 2.65. The van der Waals surface area contributed by atoms with Crippen molar-refractivity contribution < 1.29 is 9.53 Å². The molecule has 6 heteroatoms. The van der Waals surface area contributed by atoms with Gasteiger partial charge >= 0.3 is 5.97 Å². The molecule has 1 aliphatic rings. The Morgan fingerprint density at radius 3 is 2.83 bits per heavy atom. The van der Waals surface area contributed by atoms with Gasteiger partial charge in [-0.2, -0.15) is 0 Å². The highest BCUT2D eigenvalue weighted by atomic mass is 16.5. The quantitative estimate of drug-likeness (QED) is 0.757. The van der Waals surface area contributed by atoms with Crippen LogP contribution in [0.3, 0.4) is 0 Å². The van der Waals surface area contributed by atoms with Gasteiger partial charge in [0.1, 0.15) is 5.82 Å². The summed E-state index contributed by atoms with van der Waals surface area (Å²) < 4.78 is 4.77. The predicted molar refractivity (Wildman–Crippen MR) is 66.2 cm³/mol. The number of fused-ring (bicyclic) bond motifs is 1. The van der Waals surface area contributed by atoms with Gasteiger partial charge in [0.05, 0.1) is 12.8 Å². The fourth-order valence-corrected chi connectivity index (χ4v) is 1.92. The van der Waals surface area contributed by atoms with Crippen molar-refractivity contribution in [2.45, 2.75) is 19.5 Å². The number of nitrogens with one attached hydrogen (secondary N) is 1. The first-order chi connectivity index (χ1) is 8.61. The molecule has 0 spiro atoms. The molecule has 18 heavy (non-hydrogen) atoms. The molecule has 0 saturated carbocycles. The highest BCUT2D eigenvalue weighted by Crippen LogP contribution is 2.18. The van der Waals surface area contributed by atoms with E-state index in [4.69, 9.17) is 4.74 Å². The number of hydrogen-bond acceptors (Lipinski definition) is 6. The van der Waals surface area contributed by atoms with Crippen LogP contribution in [0.15, 0.2) is 0 Å². The summed E-state index contributed by atoms with van der Waals surface area (Å²) in [5.41, 5.74) is 2.19. The van der Waals surface area contributed by atoms with Crippen molar-refractivity contribution in [2.75, 3.05) is 27.7 Å². The highest BCUT2D eigenvalue weighted by Gasteiger charge is 2.23. The molecule has 1 aromatic rings. The van der Waals surface area contributed by atoms with Gasteiger partial charge in [0.15, 0.2) is 5.69 Å². The average Bonchev–Trinajstić information content (AvgIpc) is 2.82. The summed E-state index contributed by atoms with van der Waals surface area (Å²) in [6, 6.07) is 0. The second-order valence-corrected chi connectivity index (χ2v) is 4.56. The molecule has 1 N–H and O–H groups in total. The number of methoxy groups -OCH3 is 1. The van der Waals surface area contributed by atoms with Crippen molar-refractivity contribution >= 4 is 5.97 Å². The molecule has 98 valence electrons. The van der Waals surface area contributed by atoms with Crippen LogP contribution in [0.25, 0.3) is 0 Å². The molecule has 0 radical (unpaired) electrons. The molecule has 1 aromatic heterocycles. The van der Waals surface area contributed by atoms with Gasteiger partial charge in [0.2, 0.25) is 0 Å². The monoisotopic (exact) mass is 250 g/mol. The Kier molecular flexibility index (Phi) is 3.88. The maximum Gasteiger partial charge on any atom is 0.357 e. The number of esters is 1. The number of hydrogen-bond donors (Lipinski definition) is 1. The van der Waals surface area contributed by atoms with Gasteiger partial charge in [-0.25, -0.2) is 14.8 Å². The molecule has 0 atom stereocenters. The zero-order valence-corrected chi connectivity index (χ0v) is 11.0. The minimum Gasteiger partial charge on any atom is -0.464 e. The van der Waals surface area contributed by atoms with Crippen LogP contribution in [-0.4, -0.2) is 48.6 Å². The van der Waals surface area contributed by atoms with Crippen LogP contribution < -0.4 is 5.32 Å². The van der Waals surface area contributed by atoms with Crippen molar-refractivity contribution in [3.63, 3.8) is 0 Å². The summed E-state index contributed by atoms with van der Waals surface area (Å²) >= 11 is 0. The first-order valence-electron chi connectivity index (χ1n) is 5.94. The number of carbonyl (C=O) groups excluding carboxylic acids is 1. The molecule has 0 unspecified atom stereocenters. The second-order valence-electron chi connectivity index (χ2n) is 4.56. The van der Waals surface area contributed by atoms with Gasteiger partial charge in [-0.1, -0.05) is 0 Å². The predicted octanol–water partition coefficient (Wildman–Crippen LogP) is -0.0295. The Labute approximate surface area is 106 Å². The number of carbonyl (C=O) groups is 1. The van der Waals surface area contributed by atoms with E-state index in [-0.39, 0.29) is 5.97 Å². The van der Waals surface area contributed by atoms with E-state index >= 15 is 0 Å². The van der Waals surface area contributed by atoms with E-state index in [1.54, 1.807) is 0 Å². The lowest BCUT2D eigenvalue weighted by Crippen LogP contribution is -2.19. The van der Waals surface area contributed by atoms with Gasteiger partial charge in [0.25, 0.3) is 0 Å². The normalized spacial score (nSPS) is 13.8. The van der Waals surface area contributed by atoms with Crippen LogP contribution in [0.1, 0.15) is 27.6 Å². The largest absolute Gasteiger partial charge is 0.464 e. The standard InChI is InChI=1S/C12H18N4O2/c1-16(2)5-4-10-14-9-7-13-6-8(9)11(15-10)12(17)18-3/h13H,4-7H2,1-3H3. The van der Waals surface area contributed by atoms with E-state index in [1.165, 1.54) is 7.11 Å². The molecule has 0 saturated heterocycles. The molecule has 0 bridgehead atoms. The fraction of sp³-hybridized carbons (Fsp3) is 0.583. The minimum atomic E-state index is -0.386. The van der Waals surface area contributed by atoms with Crippen molar-refractivity contribution in [3.05, 3.63) is 22.8 Å². The molecule has 0 aromatic carbocycles. The summed E-state index contributed by atoms with van der Waals surface area (Å²) in [4.78, 5) is 22.6. The molecule has 0 aliphatic carbocycles. The Hall–Kier alpha value is -1.53. The number of rotatable bonds is 4. The van der Waals surface area contributed by atoms with E-state index in [1.807, 2.05) is 14.1 Å². The maximum absolute atomic E-state index is 11.7. The molecular weight excluding hydrogens is 232 g/mol. The van der Waals surface area contributed by atoms with Gasteiger partial charge in [-0.3, -0.25) is 0 Å². The summed E-state index contributed by atoms with van der Waals surface area (Å²) in [6.07, 6.45) is 0.726. The summed E-state index contributed by atoms with van der Waals surface area (Å²) in [5, 5.41) is 3.18. The first kappa shape index (κ1) is 12.9. The summed E-state index contributed by atoms with van der Waals surface area (Å²) in [7, 11) is 5.37. The Morgan fingerprint density at radius 2 is 2.17 bits per heavy atom. The fourth-order valence-electron chi connectivity index (χ4n) is 1.92.